The molecule has 0 aliphatic rings. The van der Waals surface area contributed by atoms with Gasteiger partial charge in [-0.2, -0.15) is 0 Å². The van der Waals surface area contributed by atoms with Crippen LogP contribution in [-0.4, -0.2) is 25.6 Å². The van der Waals surface area contributed by atoms with Gasteiger partial charge in [0.2, 0.25) is 0 Å². The molecule has 0 bridgehead atoms. The summed E-state index contributed by atoms with van der Waals surface area (Å²) in [4.78, 5) is 3.57. The Labute approximate surface area is 146 Å². The molecule has 0 fully saturated rings. The molecule has 21 heavy (non-hydrogen) atoms. The summed E-state index contributed by atoms with van der Waals surface area (Å²) in [6, 6.07) is 8.28. The van der Waals surface area contributed by atoms with Gasteiger partial charge in [0.25, 0.3) is 0 Å². The smallest absolute Gasteiger partial charge is 0.119 e. The van der Waals surface area contributed by atoms with Gasteiger partial charge in [0.15, 0.2) is 0 Å². The minimum Gasteiger partial charge on any atom is -0.497 e. The molecular formula is C15H18Br2N2OS. The van der Waals surface area contributed by atoms with Crippen LogP contribution >= 0.6 is 43.2 Å². The van der Waals surface area contributed by atoms with Crippen LogP contribution in [0.25, 0.3) is 0 Å². The summed E-state index contributed by atoms with van der Waals surface area (Å²) in [5.74, 6) is 0.846. The van der Waals surface area contributed by atoms with Crippen LogP contribution in [-0.2, 0) is 6.54 Å². The lowest BCUT2D eigenvalue weighted by atomic mass is 10.1. The normalized spacial score (nSPS) is 12.7. The first-order valence-corrected chi connectivity index (χ1v) is 8.98. The van der Waals surface area contributed by atoms with Crippen LogP contribution in [0.15, 0.2) is 38.6 Å². The summed E-state index contributed by atoms with van der Waals surface area (Å²) in [5, 5.41) is 2.10. The Bertz CT molecular complexity index is 603. The number of nitrogens with two attached hydrogens (primary N) is 1. The monoisotopic (exact) mass is 432 g/mol. The highest BCUT2D eigenvalue weighted by Crippen LogP contribution is 2.31. The molecule has 1 atom stereocenters. The molecule has 0 aliphatic carbocycles. The molecule has 0 saturated carbocycles. The van der Waals surface area contributed by atoms with E-state index in [0.717, 1.165) is 26.8 Å². The van der Waals surface area contributed by atoms with Crippen molar-refractivity contribution in [1.29, 1.82) is 0 Å². The van der Waals surface area contributed by atoms with E-state index in [2.05, 4.69) is 55.3 Å². The minimum absolute atomic E-state index is 0.135. The third-order valence-corrected chi connectivity index (χ3v) is 5.75. The van der Waals surface area contributed by atoms with Gasteiger partial charge in [-0.1, -0.05) is 15.9 Å². The fourth-order valence-corrected chi connectivity index (χ4v) is 4.27. The predicted octanol–water partition coefficient (Wildman–Crippen LogP) is 4.41. The average Bonchev–Trinajstić information content (AvgIpc) is 2.87. The van der Waals surface area contributed by atoms with E-state index in [9.17, 15) is 0 Å². The van der Waals surface area contributed by atoms with Crippen LogP contribution < -0.4 is 10.5 Å². The van der Waals surface area contributed by atoms with E-state index in [1.54, 1.807) is 18.4 Å². The Morgan fingerprint density at radius 2 is 2.10 bits per heavy atom. The molecular weight excluding hydrogens is 416 g/mol. The molecule has 3 nitrogen and oxygen atoms in total. The van der Waals surface area contributed by atoms with Crippen molar-refractivity contribution in [3.05, 3.63) is 49.0 Å². The molecule has 1 aromatic carbocycles. The molecule has 1 aromatic heterocycles. The van der Waals surface area contributed by atoms with Gasteiger partial charge in [-0.05, 0) is 52.8 Å². The highest BCUT2D eigenvalue weighted by atomic mass is 79.9. The zero-order valence-corrected chi connectivity index (χ0v) is 16.0. The van der Waals surface area contributed by atoms with E-state index in [1.165, 1.54) is 4.88 Å². The first-order valence-electron chi connectivity index (χ1n) is 6.51. The number of likely N-dealkylation sites (N-methyl/N-ethyl adjacent to an activating group) is 1. The second-order valence-corrected chi connectivity index (χ2v) is 7.55. The molecule has 0 amide bonds. The number of nitrogens with zero attached hydrogens (tertiary/aromatic N) is 1. The second-order valence-electron chi connectivity index (χ2n) is 4.79. The topological polar surface area (TPSA) is 38.5 Å². The van der Waals surface area contributed by atoms with Crippen molar-refractivity contribution in [2.24, 2.45) is 5.73 Å². The summed E-state index contributed by atoms with van der Waals surface area (Å²) in [5.41, 5.74) is 7.16. The molecule has 2 aromatic rings. The van der Waals surface area contributed by atoms with Gasteiger partial charge in [-0.15, -0.1) is 11.3 Å². The highest BCUT2D eigenvalue weighted by Gasteiger charge is 2.19. The summed E-state index contributed by atoms with van der Waals surface area (Å²) in [7, 11) is 3.77. The van der Waals surface area contributed by atoms with Crippen LogP contribution in [0.1, 0.15) is 16.5 Å². The maximum atomic E-state index is 6.02. The van der Waals surface area contributed by atoms with Crippen LogP contribution in [0.5, 0.6) is 5.75 Å². The quantitative estimate of drug-likeness (QED) is 0.732. The maximum absolute atomic E-state index is 6.02. The van der Waals surface area contributed by atoms with E-state index < -0.39 is 0 Å². The Kier molecular flexibility index (Phi) is 6.25. The van der Waals surface area contributed by atoms with Crippen LogP contribution in [0.3, 0.4) is 0 Å². The van der Waals surface area contributed by atoms with Crippen LogP contribution in [0.2, 0.25) is 0 Å². The van der Waals surface area contributed by atoms with Crippen molar-refractivity contribution in [2.45, 2.75) is 12.6 Å². The molecule has 0 aliphatic heterocycles. The molecule has 2 N–H and O–H groups in total. The summed E-state index contributed by atoms with van der Waals surface area (Å²) in [6.07, 6.45) is 0. The lowest BCUT2D eigenvalue weighted by Crippen LogP contribution is -2.30. The standard InChI is InChI=1S/C15H18Br2N2OS/c1-19(8-12-5-10(16)9-21-12)15(7-18)13-6-11(20-2)3-4-14(13)17/h3-6,9,15H,7-8,18H2,1-2H3. The van der Waals surface area contributed by atoms with Gasteiger partial charge >= 0.3 is 0 Å². The molecule has 0 radical (unpaired) electrons. The van der Waals surface area contributed by atoms with Crippen molar-refractivity contribution >= 4 is 43.2 Å². The van der Waals surface area contributed by atoms with Gasteiger partial charge in [-0.25, -0.2) is 0 Å². The molecule has 6 heteroatoms. The Balaban J connectivity index is 2.22. The predicted molar refractivity (Wildman–Crippen MR) is 96.0 cm³/mol. The number of benzene rings is 1. The lowest BCUT2D eigenvalue weighted by molar-refractivity contribution is 0.242. The SMILES string of the molecule is COc1ccc(Br)c(C(CN)N(C)Cc2cc(Br)cs2)c1. The third kappa shape index (κ3) is 4.29. The van der Waals surface area contributed by atoms with Gasteiger partial charge in [0, 0.05) is 38.3 Å². The van der Waals surface area contributed by atoms with Gasteiger partial charge in [-0.3, -0.25) is 4.90 Å². The number of ether oxygens (including phenoxy) is 1. The van der Waals surface area contributed by atoms with Crippen LogP contribution in [0.4, 0.5) is 0 Å². The summed E-state index contributed by atoms with van der Waals surface area (Å²) < 4.78 is 7.50. The number of methoxy groups -OCH3 is 1. The van der Waals surface area contributed by atoms with Gasteiger partial charge in [0.05, 0.1) is 7.11 Å². The molecule has 0 saturated heterocycles. The number of hydrogen-bond acceptors (Lipinski definition) is 4. The fourth-order valence-electron chi connectivity index (χ4n) is 2.24. The number of rotatable bonds is 6. The number of hydrogen-bond donors (Lipinski definition) is 1. The molecule has 2 rings (SSSR count). The molecule has 1 unspecified atom stereocenters. The van der Waals surface area contributed by atoms with Crippen molar-refractivity contribution in [1.82, 2.24) is 4.90 Å². The van der Waals surface area contributed by atoms with E-state index in [-0.39, 0.29) is 6.04 Å². The lowest BCUT2D eigenvalue weighted by Gasteiger charge is -2.28. The second kappa shape index (κ2) is 7.74. The van der Waals surface area contributed by atoms with E-state index in [0.29, 0.717) is 6.54 Å². The highest BCUT2D eigenvalue weighted by molar-refractivity contribution is 9.10. The Morgan fingerprint density at radius 1 is 1.33 bits per heavy atom. The van der Waals surface area contributed by atoms with Gasteiger partial charge in [0.1, 0.15) is 5.75 Å². The summed E-state index contributed by atoms with van der Waals surface area (Å²) in [6.45, 7) is 1.41. The van der Waals surface area contributed by atoms with Crippen molar-refractivity contribution in [3.63, 3.8) is 0 Å². The van der Waals surface area contributed by atoms with Crippen molar-refractivity contribution in [2.75, 3.05) is 20.7 Å². The summed E-state index contributed by atoms with van der Waals surface area (Å²) >= 11 is 8.86. The molecule has 0 spiro atoms. The zero-order valence-electron chi connectivity index (χ0n) is 12.0. The average molecular weight is 434 g/mol. The molecule has 1 heterocycles. The van der Waals surface area contributed by atoms with E-state index in [1.807, 2.05) is 18.2 Å². The number of thiophene rings is 1. The first-order chi connectivity index (χ1) is 10.0. The Morgan fingerprint density at radius 3 is 2.67 bits per heavy atom. The van der Waals surface area contributed by atoms with E-state index in [4.69, 9.17) is 10.5 Å². The first kappa shape index (κ1) is 17.0. The van der Waals surface area contributed by atoms with Crippen LogP contribution in [0, 0.1) is 0 Å². The zero-order chi connectivity index (χ0) is 15.4. The molecule has 114 valence electrons. The third-order valence-electron chi connectivity index (χ3n) is 3.34. The minimum atomic E-state index is 0.135. The fraction of sp³-hybridized carbons (Fsp3) is 0.333. The van der Waals surface area contributed by atoms with Crippen molar-refractivity contribution in [3.8, 4) is 5.75 Å². The Hall–Kier alpha value is -0.400. The van der Waals surface area contributed by atoms with Gasteiger partial charge < -0.3 is 10.5 Å². The van der Waals surface area contributed by atoms with Crippen molar-refractivity contribution < 1.29 is 4.74 Å². The van der Waals surface area contributed by atoms with E-state index >= 15 is 0 Å². The largest absolute Gasteiger partial charge is 0.497 e. The maximum Gasteiger partial charge on any atom is 0.119 e. The number of halogens is 2.